The lowest BCUT2D eigenvalue weighted by Crippen LogP contribution is -2.02. The van der Waals surface area contributed by atoms with Crippen LogP contribution in [0.25, 0.3) is 17.1 Å². The highest BCUT2D eigenvalue weighted by Gasteiger charge is 2.17. The molecule has 4 aromatic rings. The molecule has 0 saturated carbocycles. The van der Waals surface area contributed by atoms with E-state index in [1.54, 1.807) is 29.3 Å². The van der Waals surface area contributed by atoms with E-state index in [9.17, 15) is 0 Å². The van der Waals surface area contributed by atoms with Crippen LogP contribution < -0.4 is 0 Å². The van der Waals surface area contributed by atoms with Crippen molar-refractivity contribution in [2.45, 2.75) is 17.8 Å². The molecule has 0 saturated heterocycles. The first kappa shape index (κ1) is 17.3. The highest BCUT2D eigenvalue weighted by atomic mass is 35.5. The van der Waals surface area contributed by atoms with Crippen LogP contribution in [-0.4, -0.2) is 19.7 Å². The van der Waals surface area contributed by atoms with Crippen molar-refractivity contribution in [1.29, 1.82) is 0 Å². The summed E-state index contributed by atoms with van der Waals surface area (Å²) in [6.45, 7) is 2.09. The Hall–Kier alpha value is -2.15. The van der Waals surface area contributed by atoms with E-state index < -0.39 is 0 Å². The summed E-state index contributed by atoms with van der Waals surface area (Å²) in [4.78, 5) is 5.43. The van der Waals surface area contributed by atoms with E-state index in [-0.39, 0.29) is 0 Å². The van der Waals surface area contributed by atoms with Gasteiger partial charge in [0.15, 0.2) is 11.0 Å². The molecule has 0 unspecified atom stereocenters. The second kappa shape index (κ2) is 7.61. The summed E-state index contributed by atoms with van der Waals surface area (Å²) in [7, 11) is 0. The van der Waals surface area contributed by atoms with Gasteiger partial charge in [-0.25, -0.2) is 0 Å². The van der Waals surface area contributed by atoms with E-state index in [4.69, 9.17) is 11.6 Å². The second-order valence-corrected chi connectivity index (χ2v) is 8.41. The van der Waals surface area contributed by atoms with Crippen LogP contribution in [0.3, 0.4) is 0 Å². The number of halogens is 1. The lowest BCUT2D eigenvalue weighted by Gasteiger charge is -2.12. The van der Waals surface area contributed by atoms with Crippen molar-refractivity contribution in [1.82, 2.24) is 19.7 Å². The molecule has 0 radical (unpaired) electrons. The molecule has 130 valence electrons. The molecule has 4 rings (SSSR count). The third kappa shape index (κ3) is 3.53. The van der Waals surface area contributed by atoms with Gasteiger partial charge >= 0.3 is 0 Å². The molecule has 0 atom stereocenters. The minimum atomic E-state index is 0.791. The molecule has 0 aliphatic heterocycles. The molecule has 0 aliphatic rings. The van der Waals surface area contributed by atoms with Gasteiger partial charge in [-0.2, -0.15) is 0 Å². The number of thiophene rings is 1. The van der Waals surface area contributed by atoms with Crippen LogP contribution in [0.2, 0.25) is 4.34 Å². The highest BCUT2D eigenvalue weighted by Crippen LogP contribution is 2.32. The van der Waals surface area contributed by atoms with Gasteiger partial charge in [-0.05, 0) is 42.8 Å². The van der Waals surface area contributed by atoms with Crippen molar-refractivity contribution in [2.75, 3.05) is 0 Å². The number of rotatable bonds is 5. The van der Waals surface area contributed by atoms with Gasteiger partial charge < -0.3 is 0 Å². The van der Waals surface area contributed by atoms with Crippen LogP contribution in [-0.2, 0) is 5.75 Å². The van der Waals surface area contributed by atoms with E-state index in [2.05, 4.69) is 44.9 Å². The molecule has 26 heavy (non-hydrogen) atoms. The molecule has 3 aromatic heterocycles. The SMILES string of the molecule is Cc1ccccc1-n1c(SCc2ccc(Cl)s2)nnc1-c1cccnc1. The summed E-state index contributed by atoms with van der Waals surface area (Å²) in [5.74, 6) is 1.59. The van der Waals surface area contributed by atoms with Gasteiger partial charge in [0.1, 0.15) is 0 Å². The van der Waals surface area contributed by atoms with Crippen LogP contribution >= 0.6 is 34.7 Å². The van der Waals surface area contributed by atoms with Gasteiger partial charge in [0.2, 0.25) is 0 Å². The Kier molecular flexibility index (Phi) is 5.06. The molecule has 4 nitrogen and oxygen atoms in total. The predicted molar refractivity (Wildman–Crippen MR) is 108 cm³/mol. The number of aryl methyl sites for hydroxylation is 1. The minimum Gasteiger partial charge on any atom is -0.270 e. The average Bonchev–Trinajstić information content (AvgIpc) is 3.27. The summed E-state index contributed by atoms with van der Waals surface area (Å²) >= 11 is 9.29. The zero-order chi connectivity index (χ0) is 17.9. The Bertz CT molecular complexity index is 1030. The Morgan fingerprint density at radius 1 is 1.08 bits per heavy atom. The number of hydrogen-bond donors (Lipinski definition) is 0. The summed E-state index contributed by atoms with van der Waals surface area (Å²) in [5.41, 5.74) is 3.18. The van der Waals surface area contributed by atoms with E-state index in [1.807, 2.05) is 36.5 Å². The third-order valence-electron chi connectivity index (χ3n) is 3.88. The first-order valence-electron chi connectivity index (χ1n) is 8.01. The monoisotopic (exact) mass is 398 g/mol. The van der Waals surface area contributed by atoms with Crippen molar-refractivity contribution in [3.63, 3.8) is 0 Å². The van der Waals surface area contributed by atoms with Gasteiger partial charge in [0, 0.05) is 28.6 Å². The van der Waals surface area contributed by atoms with Gasteiger partial charge in [-0.3, -0.25) is 9.55 Å². The van der Waals surface area contributed by atoms with Gasteiger partial charge in [0.25, 0.3) is 0 Å². The second-order valence-electron chi connectivity index (χ2n) is 5.66. The topological polar surface area (TPSA) is 43.6 Å². The summed E-state index contributed by atoms with van der Waals surface area (Å²) in [5, 5.41) is 9.75. The number of benzene rings is 1. The molecule has 0 fully saturated rings. The summed E-state index contributed by atoms with van der Waals surface area (Å²) < 4.78 is 2.91. The first-order valence-corrected chi connectivity index (χ1v) is 10.2. The number of nitrogens with zero attached hydrogens (tertiary/aromatic N) is 4. The number of hydrogen-bond acceptors (Lipinski definition) is 5. The lowest BCUT2D eigenvalue weighted by molar-refractivity contribution is 0.880. The molecule has 0 aliphatic carbocycles. The first-order chi connectivity index (χ1) is 12.7. The van der Waals surface area contributed by atoms with E-state index in [1.165, 1.54) is 10.4 Å². The molecule has 1 aromatic carbocycles. The van der Waals surface area contributed by atoms with Crippen LogP contribution in [0.5, 0.6) is 0 Å². The summed E-state index contributed by atoms with van der Waals surface area (Å²) in [6, 6.07) is 16.1. The Balaban J connectivity index is 1.77. The number of pyridine rings is 1. The highest BCUT2D eigenvalue weighted by molar-refractivity contribution is 7.98. The predicted octanol–water partition coefficient (Wildman–Crippen LogP) is 5.64. The lowest BCUT2D eigenvalue weighted by atomic mass is 10.2. The molecule has 0 amide bonds. The fraction of sp³-hybridized carbons (Fsp3) is 0.105. The van der Waals surface area contributed by atoms with Gasteiger partial charge in [0.05, 0.1) is 10.0 Å². The zero-order valence-corrected chi connectivity index (χ0v) is 16.4. The number of thioether (sulfide) groups is 1. The maximum absolute atomic E-state index is 6.04. The molecular formula is C19H15ClN4S2. The smallest absolute Gasteiger partial charge is 0.196 e. The van der Waals surface area contributed by atoms with Crippen molar-refractivity contribution in [3.05, 3.63) is 75.7 Å². The molecule has 0 spiro atoms. The maximum atomic E-state index is 6.04. The quantitative estimate of drug-likeness (QED) is 0.408. The molecule has 0 bridgehead atoms. The Morgan fingerprint density at radius 3 is 2.69 bits per heavy atom. The van der Waals surface area contributed by atoms with Crippen molar-refractivity contribution in [3.8, 4) is 17.1 Å². The van der Waals surface area contributed by atoms with E-state index >= 15 is 0 Å². The largest absolute Gasteiger partial charge is 0.270 e. The van der Waals surface area contributed by atoms with Crippen LogP contribution in [0, 0.1) is 6.92 Å². The fourth-order valence-corrected chi connectivity index (χ4v) is 4.72. The standard InChI is InChI=1S/C19H15ClN4S2/c1-13-5-2-3-7-16(13)24-18(14-6-4-10-21-11-14)22-23-19(24)25-12-15-8-9-17(20)26-15/h2-11H,12H2,1H3. The maximum Gasteiger partial charge on any atom is 0.196 e. The van der Waals surface area contributed by atoms with Gasteiger partial charge in [-0.15, -0.1) is 21.5 Å². The van der Waals surface area contributed by atoms with Crippen molar-refractivity contribution < 1.29 is 0 Å². The third-order valence-corrected chi connectivity index (χ3v) is 6.27. The van der Waals surface area contributed by atoms with Crippen LogP contribution in [0.1, 0.15) is 10.4 Å². The normalized spacial score (nSPS) is 11.0. The molecule has 0 N–H and O–H groups in total. The number of para-hydroxylation sites is 1. The average molecular weight is 399 g/mol. The molecular weight excluding hydrogens is 384 g/mol. The molecule has 7 heteroatoms. The minimum absolute atomic E-state index is 0.791. The van der Waals surface area contributed by atoms with E-state index in [0.717, 1.165) is 32.3 Å². The van der Waals surface area contributed by atoms with Gasteiger partial charge in [-0.1, -0.05) is 41.6 Å². The van der Waals surface area contributed by atoms with Crippen LogP contribution in [0.4, 0.5) is 0 Å². The molecule has 3 heterocycles. The van der Waals surface area contributed by atoms with Crippen molar-refractivity contribution >= 4 is 34.7 Å². The van der Waals surface area contributed by atoms with E-state index in [0.29, 0.717) is 0 Å². The Morgan fingerprint density at radius 2 is 1.96 bits per heavy atom. The number of aromatic nitrogens is 4. The van der Waals surface area contributed by atoms with Crippen LogP contribution in [0.15, 0.2) is 66.1 Å². The fourth-order valence-electron chi connectivity index (χ4n) is 2.64. The summed E-state index contributed by atoms with van der Waals surface area (Å²) in [6.07, 6.45) is 3.57. The van der Waals surface area contributed by atoms with Crippen molar-refractivity contribution in [2.24, 2.45) is 0 Å². The Labute approximate surface area is 164 Å². The zero-order valence-electron chi connectivity index (χ0n) is 14.0.